The van der Waals surface area contributed by atoms with E-state index in [4.69, 9.17) is 0 Å². The van der Waals surface area contributed by atoms with Crippen molar-refractivity contribution in [2.75, 3.05) is 13.1 Å². The van der Waals surface area contributed by atoms with Crippen molar-refractivity contribution in [2.24, 2.45) is 0 Å². The number of rotatable bonds is 1. The van der Waals surface area contributed by atoms with Gasteiger partial charge in [-0.1, -0.05) is 18.2 Å². The standard InChI is InChI=1S/C6H5I.C6H11NO/c7-6-4-2-1-3-5-6;8-6-7-4-2-1-3-5-7/h1-5H;6H,1-5H2. The van der Waals surface area contributed by atoms with E-state index in [1.165, 1.54) is 22.8 Å². The van der Waals surface area contributed by atoms with Crippen LogP contribution in [0.3, 0.4) is 0 Å². The third-order valence-corrected chi connectivity index (χ3v) is 2.99. The summed E-state index contributed by atoms with van der Waals surface area (Å²) in [4.78, 5) is 11.9. The van der Waals surface area contributed by atoms with Crippen molar-refractivity contribution < 1.29 is 4.79 Å². The first-order chi connectivity index (χ1) is 7.33. The Balaban J connectivity index is 0.000000151. The maximum Gasteiger partial charge on any atom is 0.209 e. The summed E-state index contributed by atoms with van der Waals surface area (Å²) < 4.78 is 1.29. The monoisotopic (exact) mass is 317 g/mol. The predicted octanol–water partition coefficient (Wildman–Crippen LogP) is 2.92. The summed E-state index contributed by atoms with van der Waals surface area (Å²) >= 11 is 2.28. The molecule has 82 valence electrons. The summed E-state index contributed by atoms with van der Waals surface area (Å²) in [6.07, 6.45) is 4.63. The van der Waals surface area contributed by atoms with Gasteiger partial charge in [-0.25, -0.2) is 0 Å². The molecule has 0 spiro atoms. The maximum atomic E-state index is 10.1. The molecular formula is C12H16INO. The van der Waals surface area contributed by atoms with E-state index in [2.05, 4.69) is 34.7 Å². The second-order valence-electron chi connectivity index (χ2n) is 3.50. The minimum Gasteiger partial charge on any atom is -0.345 e. The molecule has 2 rings (SSSR count). The molecule has 0 aliphatic carbocycles. The van der Waals surface area contributed by atoms with Crippen LogP contribution in [0.2, 0.25) is 0 Å². The molecule has 15 heavy (non-hydrogen) atoms. The smallest absolute Gasteiger partial charge is 0.209 e. The van der Waals surface area contributed by atoms with Crippen molar-refractivity contribution in [1.82, 2.24) is 4.90 Å². The van der Waals surface area contributed by atoms with Gasteiger partial charge < -0.3 is 4.90 Å². The van der Waals surface area contributed by atoms with Crippen LogP contribution < -0.4 is 0 Å². The molecule has 0 bridgehead atoms. The Morgan fingerprint density at radius 1 is 1.07 bits per heavy atom. The van der Waals surface area contributed by atoms with Crippen molar-refractivity contribution in [3.63, 3.8) is 0 Å². The average molecular weight is 317 g/mol. The highest BCUT2D eigenvalue weighted by atomic mass is 127. The summed E-state index contributed by atoms with van der Waals surface area (Å²) in [7, 11) is 0. The molecular weight excluding hydrogens is 301 g/mol. The van der Waals surface area contributed by atoms with Crippen molar-refractivity contribution >= 4 is 29.0 Å². The third kappa shape index (κ3) is 5.77. The lowest BCUT2D eigenvalue weighted by atomic mass is 10.1. The highest BCUT2D eigenvalue weighted by molar-refractivity contribution is 14.1. The van der Waals surface area contributed by atoms with Crippen LogP contribution >= 0.6 is 22.6 Å². The number of hydrogen-bond donors (Lipinski definition) is 0. The lowest BCUT2D eigenvalue weighted by molar-refractivity contribution is -0.118. The molecule has 3 heteroatoms. The highest BCUT2D eigenvalue weighted by Gasteiger charge is 2.05. The Labute approximate surface area is 105 Å². The SMILES string of the molecule is Ic1ccccc1.O=CN1CCCCC1. The fourth-order valence-corrected chi connectivity index (χ4v) is 1.85. The minimum absolute atomic E-state index is 0.944. The Morgan fingerprint density at radius 2 is 1.67 bits per heavy atom. The zero-order valence-electron chi connectivity index (χ0n) is 8.73. The van der Waals surface area contributed by atoms with Gasteiger partial charge in [0.25, 0.3) is 0 Å². The molecule has 2 nitrogen and oxygen atoms in total. The summed E-state index contributed by atoms with van der Waals surface area (Å²) in [5.41, 5.74) is 0. The molecule has 1 amide bonds. The fourth-order valence-electron chi connectivity index (χ4n) is 1.44. The van der Waals surface area contributed by atoms with Gasteiger partial charge >= 0.3 is 0 Å². The lowest BCUT2D eigenvalue weighted by Gasteiger charge is -2.21. The number of piperidine rings is 1. The van der Waals surface area contributed by atoms with Crippen LogP contribution in [0, 0.1) is 3.57 Å². The summed E-state index contributed by atoms with van der Waals surface area (Å²) in [5.74, 6) is 0. The molecule has 1 heterocycles. The van der Waals surface area contributed by atoms with E-state index < -0.39 is 0 Å². The molecule has 1 aromatic carbocycles. The van der Waals surface area contributed by atoms with Gasteiger partial charge in [-0.2, -0.15) is 0 Å². The van der Waals surface area contributed by atoms with Crippen molar-refractivity contribution in [3.8, 4) is 0 Å². The maximum absolute atomic E-state index is 10.1. The molecule has 1 aromatic rings. The zero-order chi connectivity index (χ0) is 10.9. The Hall–Kier alpha value is -0.580. The first-order valence-corrected chi connectivity index (χ1v) is 6.30. The molecule has 0 N–H and O–H groups in total. The van der Waals surface area contributed by atoms with Gasteiger partial charge in [0.1, 0.15) is 0 Å². The summed E-state index contributed by atoms with van der Waals surface area (Å²) in [5, 5.41) is 0. The highest BCUT2D eigenvalue weighted by Crippen LogP contribution is 2.05. The number of nitrogens with zero attached hydrogens (tertiary/aromatic N) is 1. The quantitative estimate of drug-likeness (QED) is 0.576. The molecule has 0 unspecified atom stereocenters. The second-order valence-corrected chi connectivity index (χ2v) is 4.74. The number of carbonyl (C=O) groups excluding carboxylic acids is 1. The van der Waals surface area contributed by atoms with E-state index in [0.29, 0.717) is 0 Å². The van der Waals surface area contributed by atoms with Crippen LogP contribution in [0.5, 0.6) is 0 Å². The Kier molecular flexibility index (Phi) is 6.39. The van der Waals surface area contributed by atoms with Crippen LogP contribution in [-0.4, -0.2) is 24.4 Å². The number of amides is 1. The first-order valence-electron chi connectivity index (χ1n) is 5.23. The Morgan fingerprint density at radius 3 is 2.00 bits per heavy atom. The number of hydrogen-bond acceptors (Lipinski definition) is 1. The summed E-state index contributed by atoms with van der Waals surface area (Å²) in [6.45, 7) is 1.95. The van der Waals surface area contributed by atoms with Crippen LogP contribution in [0.25, 0.3) is 0 Å². The lowest BCUT2D eigenvalue weighted by Crippen LogP contribution is -2.27. The Bertz CT molecular complexity index is 270. The molecule has 0 aromatic heterocycles. The van der Waals surface area contributed by atoms with E-state index >= 15 is 0 Å². The van der Waals surface area contributed by atoms with Crippen molar-refractivity contribution in [3.05, 3.63) is 33.9 Å². The topological polar surface area (TPSA) is 20.3 Å². The van der Waals surface area contributed by atoms with E-state index in [-0.39, 0.29) is 0 Å². The van der Waals surface area contributed by atoms with Crippen molar-refractivity contribution in [2.45, 2.75) is 19.3 Å². The number of carbonyl (C=O) groups is 1. The van der Waals surface area contributed by atoms with Gasteiger partial charge in [-0.3, -0.25) is 4.79 Å². The number of benzene rings is 1. The average Bonchev–Trinajstić information content (AvgIpc) is 2.32. The van der Waals surface area contributed by atoms with Gasteiger partial charge in [-0.05, 0) is 54.0 Å². The molecule has 1 aliphatic rings. The zero-order valence-corrected chi connectivity index (χ0v) is 10.9. The van der Waals surface area contributed by atoms with Crippen LogP contribution in [-0.2, 0) is 4.79 Å². The molecule has 0 atom stereocenters. The number of halogens is 1. The van der Waals surface area contributed by atoms with Crippen LogP contribution in [0.4, 0.5) is 0 Å². The second kappa shape index (κ2) is 7.68. The van der Waals surface area contributed by atoms with Crippen molar-refractivity contribution in [1.29, 1.82) is 0 Å². The molecule has 1 saturated heterocycles. The van der Waals surface area contributed by atoms with Crippen LogP contribution in [0.15, 0.2) is 30.3 Å². The number of likely N-dealkylation sites (tertiary alicyclic amines) is 1. The normalized spacial score (nSPS) is 15.1. The van der Waals surface area contributed by atoms with Gasteiger partial charge in [0, 0.05) is 16.7 Å². The van der Waals surface area contributed by atoms with Crippen LogP contribution in [0.1, 0.15) is 19.3 Å². The fraction of sp³-hybridized carbons (Fsp3) is 0.417. The molecule has 1 aliphatic heterocycles. The van der Waals surface area contributed by atoms with E-state index in [9.17, 15) is 4.79 Å². The van der Waals surface area contributed by atoms with Gasteiger partial charge in [0.05, 0.1) is 0 Å². The van der Waals surface area contributed by atoms with E-state index in [0.717, 1.165) is 19.5 Å². The molecule has 0 saturated carbocycles. The summed E-state index contributed by atoms with van der Waals surface area (Å²) in [6, 6.07) is 10.2. The third-order valence-electron chi connectivity index (χ3n) is 2.27. The van der Waals surface area contributed by atoms with Gasteiger partial charge in [0.2, 0.25) is 6.41 Å². The largest absolute Gasteiger partial charge is 0.345 e. The van der Waals surface area contributed by atoms with E-state index in [1.807, 2.05) is 23.1 Å². The minimum atomic E-state index is 0.944. The van der Waals surface area contributed by atoms with E-state index in [1.54, 1.807) is 0 Å². The first kappa shape index (κ1) is 12.5. The van der Waals surface area contributed by atoms with Gasteiger partial charge in [-0.15, -0.1) is 0 Å². The molecule has 0 radical (unpaired) electrons. The molecule has 1 fully saturated rings. The predicted molar refractivity (Wildman–Crippen MR) is 70.6 cm³/mol. The van der Waals surface area contributed by atoms with Gasteiger partial charge in [0.15, 0.2) is 0 Å².